The van der Waals surface area contributed by atoms with E-state index in [0.29, 0.717) is 32.0 Å². The number of aldehydes is 1. The van der Waals surface area contributed by atoms with E-state index in [0.717, 1.165) is 5.57 Å². The predicted molar refractivity (Wildman–Crippen MR) is 118 cm³/mol. The highest BCUT2D eigenvalue weighted by atomic mass is 16.6. The van der Waals surface area contributed by atoms with E-state index < -0.39 is 40.4 Å². The van der Waals surface area contributed by atoms with Gasteiger partial charge < -0.3 is 24.2 Å². The van der Waals surface area contributed by atoms with Crippen LogP contribution in [0.4, 0.5) is 0 Å². The van der Waals surface area contributed by atoms with Crippen molar-refractivity contribution in [1.82, 2.24) is 0 Å². The molecule has 0 bridgehead atoms. The number of esters is 1. The first kappa shape index (κ1) is 23.0. The summed E-state index contributed by atoms with van der Waals surface area (Å²) >= 11 is 0. The largest absolute Gasteiger partial charge is 0.478 e. The molecule has 3 saturated carbocycles. The number of fused-ring (bicyclic) bond motifs is 5. The molecule has 0 spiro atoms. The fourth-order valence-electron chi connectivity index (χ4n) is 8.08. The van der Waals surface area contributed by atoms with Gasteiger partial charge in [-0.25, -0.2) is 9.59 Å². The molecule has 4 aliphatic rings. The van der Waals surface area contributed by atoms with E-state index in [9.17, 15) is 29.4 Å². The molecule has 2 N–H and O–H groups in total. The van der Waals surface area contributed by atoms with E-state index in [-0.39, 0.29) is 42.1 Å². The number of hydrogen-bond donors (Lipinski definition) is 2. The Hall–Kier alpha value is -2.74. The first-order valence-electron chi connectivity index (χ1n) is 12.0. The second kappa shape index (κ2) is 7.63. The van der Waals surface area contributed by atoms with Crippen LogP contribution in [-0.4, -0.2) is 45.9 Å². The summed E-state index contributed by atoms with van der Waals surface area (Å²) in [5.41, 5.74) is -2.29. The predicted octanol–water partition coefficient (Wildman–Crippen LogP) is 3.19. The van der Waals surface area contributed by atoms with E-state index in [2.05, 4.69) is 0 Å². The molecule has 8 nitrogen and oxygen atoms in total. The smallest absolute Gasteiger partial charge is 0.375 e. The molecule has 1 aromatic rings. The Morgan fingerprint density at radius 1 is 1.24 bits per heavy atom. The standard InChI is InChI=1S/C26H30O8/c1-24-11-14(13-27)18(28)10-15(24)5-6-16-17-7-8-26(23(31)32,25(17,2)12-19(29)21(16)24)34-22(30)20-4-3-9-33-20/h3-4,9-10,13-14,16-17,19,21,29H,5-8,11-12H2,1-2H3,(H,31,32)/t14?,16-,17-,19-,21+,24-,25-,26-/m0/s1. The zero-order valence-electron chi connectivity index (χ0n) is 19.4. The molecule has 8 atom stereocenters. The van der Waals surface area contributed by atoms with Crippen molar-refractivity contribution in [3.05, 3.63) is 35.8 Å². The minimum absolute atomic E-state index is 0.0139. The lowest BCUT2D eigenvalue weighted by molar-refractivity contribution is -0.196. The van der Waals surface area contributed by atoms with Crippen molar-refractivity contribution < 1.29 is 38.5 Å². The summed E-state index contributed by atoms with van der Waals surface area (Å²) in [7, 11) is 0. The number of carboxylic acid groups (broad SMARTS) is 1. The Labute approximate surface area is 197 Å². The van der Waals surface area contributed by atoms with Crippen LogP contribution in [0.2, 0.25) is 0 Å². The van der Waals surface area contributed by atoms with Gasteiger partial charge in [0.2, 0.25) is 11.4 Å². The molecule has 182 valence electrons. The van der Waals surface area contributed by atoms with Crippen LogP contribution in [0.1, 0.15) is 62.9 Å². The van der Waals surface area contributed by atoms with Crippen LogP contribution in [0.25, 0.3) is 0 Å². The molecule has 0 radical (unpaired) electrons. The van der Waals surface area contributed by atoms with Gasteiger partial charge in [0.05, 0.1) is 18.3 Å². The Kier molecular flexibility index (Phi) is 5.17. The molecule has 34 heavy (non-hydrogen) atoms. The quantitative estimate of drug-likeness (QED) is 0.390. The molecule has 1 heterocycles. The number of aliphatic hydroxyl groups is 1. The van der Waals surface area contributed by atoms with Crippen LogP contribution in [0, 0.1) is 34.5 Å². The molecule has 1 unspecified atom stereocenters. The molecular weight excluding hydrogens is 440 g/mol. The van der Waals surface area contributed by atoms with Gasteiger partial charge in [-0.2, -0.15) is 0 Å². The van der Waals surface area contributed by atoms with Crippen molar-refractivity contribution in [3.63, 3.8) is 0 Å². The summed E-state index contributed by atoms with van der Waals surface area (Å²) in [5.74, 6) is -3.30. The highest BCUT2D eigenvalue weighted by molar-refractivity contribution is 6.02. The average Bonchev–Trinajstić information content (AvgIpc) is 3.41. The van der Waals surface area contributed by atoms with Gasteiger partial charge in [-0.1, -0.05) is 19.4 Å². The molecule has 0 saturated heterocycles. The van der Waals surface area contributed by atoms with Crippen molar-refractivity contribution in [2.24, 2.45) is 34.5 Å². The van der Waals surface area contributed by atoms with Crippen LogP contribution in [0.15, 0.2) is 34.5 Å². The molecular formula is C26H30O8. The van der Waals surface area contributed by atoms with Crippen molar-refractivity contribution in [2.75, 3.05) is 0 Å². The summed E-state index contributed by atoms with van der Waals surface area (Å²) in [6.45, 7) is 3.85. The summed E-state index contributed by atoms with van der Waals surface area (Å²) in [6.07, 6.45) is 5.36. The maximum atomic E-state index is 12.8. The highest BCUT2D eigenvalue weighted by Crippen LogP contribution is 2.68. The first-order chi connectivity index (χ1) is 16.1. The van der Waals surface area contributed by atoms with Crippen molar-refractivity contribution in [2.45, 2.75) is 64.1 Å². The SMILES string of the molecule is C[C@]12CC(C=O)C(=O)C=C1CC[C@@H]1[C@@H]2[C@@H](O)C[C@@]2(C)[C@H]1CC[C@]2(OC(=O)c1ccco1)C(=O)O. The lowest BCUT2D eigenvalue weighted by Crippen LogP contribution is -2.63. The van der Waals surface area contributed by atoms with Gasteiger partial charge in [-0.3, -0.25) is 4.79 Å². The number of rotatable bonds is 4. The Bertz CT molecular complexity index is 1070. The third kappa shape index (κ3) is 2.93. The van der Waals surface area contributed by atoms with Gasteiger partial charge >= 0.3 is 11.9 Å². The number of carbonyl (C=O) groups is 4. The van der Waals surface area contributed by atoms with Crippen LogP contribution in [-0.2, 0) is 19.1 Å². The van der Waals surface area contributed by atoms with E-state index in [1.807, 2.05) is 13.8 Å². The average molecular weight is 471 g/mol. The number of carboxylic acids is 1. The zero-order valence-corrected chi connectivity index (χ0v) is 19.4. The summed E-state index contributed by atoms with van der Waals surface area (Å²) in [4.78, 5) is 49.4. The molecule has 0 amide bonds. The number of ether oxygens (including phenoxy) is 1. The summed E-state index contributed by atoms with van der Waals surface area (Å²) in [6, 6.07) is 2.97. The van der Waals surface area contributed by atoms with E-state index >= 15 is 0 Å². The zero-order chi connectivity index (χ0) is 24.5. The number of furan rings is 1. The third-order valence-corrected chi connectivity index (χ3v) is 9.62. The van der Waals surface area contributed by atoms with E-state index in [4.69, 9.17) is 9.15 Å². The van der Waals surface area contributed by atoms with Crippen molar-refractivity contribution in [1.29, 1.82) is 0 Å². The first-order valence-corrected chi connectivity index (χ1v) is 12.0. The monoisotopic (exact) mass is 470 g/mol. The molecule has 8 heteroatoms. The van der Waals surface area contributed by atoms with Gasteiger partial charge in [0, 0.05) is 5.41 Å². The molecule has 3 fully saturated rings. The maximum absolute atomic E-state index is 12.8. The van der Waals surface area contributed by atoms with Gasteiger partial charge in [-0.15, -0.1) is 0 Å². The van der Waals surface area contributed by atoms with E-state index in [1.54, 1.807) is 6.08 Å². The summed E-state index contributed by atoms with van der Waals surface area (Å²) in [5, 5.41) is 21.9. The molecule has 5 rings (SSSR count). The Balaban J connectivity index is 1.52. The van der Waals surface area contributed by atoms with Gasteiger partial charge in [0.25, 0.3) is 0 Å². The third-order valence-electron chi connectivity index (χ3n) is 9.62. The second-order valence-corrected chi connectivity index (χ2v) is 11.0. The minimum Gasteiger partial charge on any atom is -0.478 e. The van der Waals surface area contributed by atoms with Gasteiger partial charge in [-0.05, 0) is 79.9 Å². The lowest BCUT2D eigenvalue weighted by Gasteiger charge is -2.60. The minimum atomic E-state index is -1.78. The van der Waals surface area contributed by atoms with Crippen molar-refractivity contribution in [3.8, 4) is 0 Å². The van der Waals surface area contributed by atoms with Crippen LogP contribution in [0.3, 0.4) is 0 Å². The maximum Gasteiger partial charge on any atom is 0.375 e. The number of ketones is 1. The van der Waals surface area contributed by atoms with Crippen LogP contribution >= 0.6 is 0 Å². The Morgan fingerprint density at radius 2 is 2.00 bits per heavy atom. The molecule has 1 aromatic heterocycles. The number of allylic oxidation sites excluding steroid dienone is 1. The van der Waals surface area contributed by atoms with Gasteiger partial charge in [0.1, 0.15) is 6.29 Å². The number of aliphatic hydroxyl groups excluding tert-OH is 1. The van der Waals surface area contributed by atoms with E-state index in [1.165, 1.54) is 18.4 Å². The fourth-order valence-corrected chi connectivity index (χ4v) is 8.08. The summed E-state index contributed by atoms with van der Waals surface area (Å²) < 4.78 is 10.9. The number of carbonyl (C=O) groups excluding carboxylic acids is 3. The van der Waals surface area contributed by atoms with Crippen LogP contribution < -0.4 is 0 Å². The fraction of sp³-hybridized carbons (Fsp3) is 0.615. The second-order valence-electron chi connectivity index (χ2n) is 11.0. The highest BCUT2D eigenvalue weighted by Gasteiger charge is 2.71. The number of aliphatic carboxylic acids is 1. The molecule has 0 aliphatic heterocycles. The Morgan fingerprint density at radius 3 is 2.65 bits per heavy atom. The van der Waals surface area contributed by atoms with Crippen molar-refractivity contribution >= 4 is 24.0 Å². The lowest BCUT2D eigenvalue weighted by atomic mass is 9.45. The van der Waals surface area contributed by atoms with Gasteiger partial charge in [0.15, 0.2) is 5.78 Å². The number of hydrogen-bond acceptors (Lipinski definition) is 7. The molecule has 0 aromatic carbocycles. The topological polar surface area (TPSA) is 131 Å². The van der Waals surface area contributed by atoms with Crippen LogP contribution in [0.5, 0.6) is 0 Å². The molecule has 4 aliphatic carbocycles. The normalized spacial score (nSPS) is 43.2.